The van der Waals surface area contributed by atoms with Crippen molar-refractivity contribution in [3.63, 3.8) is 0 Å². The van der Waals surface area contributed by atoms with Gasteiger partial charge >= 0.3 is 5.97 Å². The number of hydrogen-bond donors (Lipinski definition) is 1. The molecule has 0 heterocycles. The Hall–Kier alpha value is -2.99. The SMILES string of the molecule is CCOC(=O)/C(=C/c1ccc([N+](=O)[O-])cc1)C(O)c1ccccc1. The summed E-state index contributed by atoms with van der Waals surface area (Å²) < 4.78 is 5.01. The second kappa shape index (κ2) is 8.03. The molecule has 2 rings (SSSR count). The van der Waals surface area contributed by atoms with Crippen molar-refractivity contribution in [2.75, 3.05) is 6.61 Å². The molecule has 0 radical (unpaired) electrons. The van der Waals surface area contributed by atoms with Gasteiger partial charge in [-0.15, -0.1) is 0 Å². The van der Waals surface area contributed by atoms with E-state index < -0.39 is 17.0 Å². The van der Waals surface area contributed by atoms with E-state index in [4.69, 9.17) is 4.74 Å². The number of hydrogen-bond acceptors (Lipinski definition) is 5. The first kappa shape index (κ1) is 17.4. The van der Waals surface area contributed by atoms with E-state index in [0.717, 1.165) is 0 Å². The molecule has 2 aromatic rings. The molecule has 1 atom stereocenters. The number of carbonyl (C=O) groups excluding carboxylic acids is 1. The van der Waals surface area contributed by atoms with Crippen LogP contribution in [0.4, 0.5) is 5.69 Å². The lowest BCUT2D eigenvalue weighted by Crippen LogP contribution is -2.14. The molecule has 0 amide bonds. The summed E-state index contributed by atoms with van der Waals surface area (Å²) >= 11 is 0. The molecule has 1 unspecified atom stereocenters. The Bertz CT molecular complexity index is 738. The summed E-state index contributed by atoms with van der Waals surface area (Å²) in [5.74, 6) is -0.632. The third kappa shape index (κ3) is 4.27. The standard InChI is InChI=1S/C18H17NO5/c1-2-24-18(21)16(17(20)14-6-4-3-5-7-14)12-13-8-10-15(11-9-13)19(22)23/h3-12,17,20H,2H2,1H3/b16-12+. The van der Waals surface area contributed by atoms with E-state index in [1.807, 2.05) is 0 Å². The summed E-state index contributed by atoms with van der Waals surface area (Å²) in [6.07, 6.45) is 0.319. The molecule has 0 spiro atoms. The summed E-state index contributed by atoms with van der Waals surface area (Å²) in [7, 11) is 0. The van der Waals surface area contributed by atoms with E-state index in [0.29, 0.717) is 11.1 Å². The number of nitro groups is 1. The number of nitrogens with zero attached hydrogens (tertiary/aromatic N) is 1. The molecule has 124 valence electrons. The van der Waals surface area contributed by atoms with Gasteiger partial charge in [0, 0.05) is 12.1 Å². The Balaban J connectivity index is 2.38. The lowest BCUT2D eigenvalue weighted by molar-refractivity contribution is -0.384. The van der Waals surface area contributed by atoms with Crippen molar-refractivity contribution in [2.24, 2.45) is 0 Å². The van der Waals surface area contributed by atoms with Crippen LogP contribution in [0.1, 0.15) is 24.2 Å². The Kier molecular flexibility index (Phi) is 5.81. The topological polar surface area (TPSA) is 89.7 Å². The van der Waals surface area contributed by atoms with Crippen molar-refractivity contribution in [1.29, 1.82) is 0 Å². The zero-order valence-electron chi connectivity index (χ0n) is 13.1. The zero-order valence-corrected chi connectivity index (χ0v) is 13.1. The number of rotatable bonds is 6. The molecule has 0 bridgehead atoms. The highest BCUT2D eigenvalue weighted by atomic mass is 16.6. The Morgan fingerprint density at radius 3 is 2.38 bits per heavy atom. The van der Waals surface area contributed by atoms with Gasteiger partial charge in [-0.1, -0.05) is 30.3 Å². The molecular weight excluding hydrogens is 310 g/mol. The molecule has 24 heavy (non-hydrogen) atoms. The molecule has 1 N–H and O–H groups in total. The van der Waals surface area contributed by atoms with Crippen LogP contribution in [0.5, 0.6) is 0 Å². The van der Waals surface area contributed by atoms with Crippen molar-refractivity contribution in [2.45, 2.75) is 13.0 Å². The first-order valence-electron chi connectivity index (χ1n) is 7.39. The van der Waals surface area contributed by atoms with Gasteiger partial charge in [-0.25, -0.2) is 4.79 Å². The number of benzene rings is 2. The highest BCUT2D eigenvalue weighted by Gasteiger charge is 2.21. The molecule has 0 saturated carbocycles. The first-order valence-corrected chi connectivity index (χ1v) is 7.39. The maximum absolute atomic E-state index is 12.2. The molecule has 0 fully saturated rings. The van der Waals surface area contributed by atoms with Crippen LogP contribution in [-0.4, -0.2) is 22.6 Å². The van der Waals surface area contributed by atoms with E-state index in [2.05, 4.69) is 0 Å². The van der Waals surface area contributed by atoms with Crippen LogP contribution in [-0.2, 0) is 9.53 Å². The Morgan fingerprint density at radius 2 is 1.83 bits per heavy atom. The molecule has 0 aliphatic heterocycles. The quantitative estimate of drug-likeness (QED) is 0.380. The minimum Gasteiger partial charge on any atom is -0.463 e. The van der Waals surface area contributed by atoms with Gasteiger partial charge in [0.1, 0.15) is 6.10 Å². The molecule has 6 heteroatoms. The molecule has 0 aliphatic carbocycles. The number of esters is 1. The largest absolute Gasteiger partial charge is 0.463 e. The maximum Gasteiger partial charge on any atom is 0.337 e. The van der Waals surface area contributed by atoms with Crippen LogP contribution in [0.2, 0.25) is 0 Å². The lowest BCUT2D eigenvalue weighted by Gasteiger charge is -2.14. The Labute approximate surface area is 139 Å². The van der Waals surface area contributed by atoms with Gasteiger partial charge in [0.2, 0.25) is 0 Å². The van der Waals surface area contributed by atoms with E-state index in [1.54, 1.807) is 37.3 Å². The minimum absolute atomic E-state index is 0.0477. The fourth-order valence-electron chi connectivity index (χ4n) is 2.15. The van der Waals surface area contributed by atoms with E-state index in [1.165, 1.54) is 30.3 Å². The van der Waals surface area contributed by atoms with Crippen molar-refractivity contribution < 1.29 is 19.6 Å². The summed E-state index contributed by atoms with van der Waals surface area (Å²) in [6, 6.07) is 14.4. The van der Waals surface area contributed by atoms with Gasteiger partial charge in [0.05, 0.1) is 17.1 Å². The van der Waals surface area contributed by atoms with Crippen LogP contribution >= 0.6 is 0 Å². The van der Waals surface area contributed by atoms with Crippen molar-refractivity contribution in [1.82, 2.24) is 0 Å². The smallest absolute Gasteiger partial charge is 0.337 e. The van der Waals surface area contributed by atoms with E-state index in [-0.39, 0.29) is 17.9 Å². The second-order valence-corrected chi connectivity index (χ2v) is 4.98. The third-order valence-electron chi connectivity index (χ3n) is 3.35. The first-order chi connectivity index (χ1) is 11.5. The number of aliphatic hydroxyl groups excluding tert-OH is 1. The van der Waals surface area contributed by atoms with Crippen LogP contribution < -0.4 is 0 Å². The number of aliphatic hydroxyl groups is 1. The summed E-state index contributed by atoms with van der Waals surface area (Å²) in [5, 5.41) is 21.2. The molecule has 2 aromatic carbocycles. The third-order valence-corrected chi connectivity index (χ3v) is 3.35. The lowest BCUT2D eigenvalue weighted by atomic mass is 9.99. The molecule has 0 saturated heterocycles. The molecular formula is C18H17NO5. The monoisotopic (exact) mass is 327 g/mol. The predicted octanol–water partition coefficient (Wildman–Crippen LogP) is 3.27. The normalized spacial score (nSPS) is 12.5. The van der Waals surface area contributed by atoms with Crippen LogP contribution in [0, 0.1) is 10.1 Å². The highest BCUT2D eigenvalue weighted by molar-refractivity contribution is 5.95. The second-order valence-electron chi connectivity index (χ2n) is 4.98. The summed E-state index contributed by atoms with van der Waals surface area (Å²) in [5.41, 5.74) is 1.13. The van der Waals surface area contributed by atoms with Gasteiger partial charge < -0.3 is 9.84 Å². The van der Waals surface area contributed by atoms with Gasteiger partial charge in [-0.05, 0) is 36.3 Å². The summed E-state index contributed by atoms with van der Waals surface area (Å²) in [6.45, 7) is 1.86. The zero-order chi connectivity index (χ0) is 17.5. The van der Waals surface area contributed by atoms with Crippen molar-refractivity contribution in [3.8, 4) is 0 Å². The van der Waals surface area contributed by atoms with Gasteiger partial charge in [0.25, 0.3) is 5.69 Å². The van der Waals surface area contributed by atoms with E-state index >= 15 is 0 Å². The van der Waals surface area contributed by atoms with Gasteiger partial charge in [-0.2, -0.15) is 0 Å². The minimum atomic E-state index is -1.15. The fraction of sp³-hybridized carbons (Fsp3) is 0.167. The maximum atomic E-state index is 12.2. The Morgan fingerprint density at radius 1 is 1.21 bits per heavy atom. The van der Waals surface area contributed by atoms with Gasteiger partial charge in [-0.3, -0.25) is 10.1 Å². The van der Waals surface area contributed by atoms with Gasteiger partial charge in [0.15, 0.2) is 0 Å². The molecule has 0 aliphatic rings. The molecule has 0 aromatic heterocycles. The average molecular weight is 327 g/mol. The predicted molar refractivity (Wildman–Crippen MR) is 89.1 cm³/mol. The summed E-state index contributed by atoms with van der Waals surface area (Å²) in [4.78, 5) is 22.4. The van der Waals surface area contributed by atoms with E-state index in [9.17, 15) is 20.0 Å². The van der Waals surface area contributed by atoms with Crippen LogP contribution in [0.25, 0.3) is 6.08 Å². The number of carbonyl (C=O) groups is 1. The average Bonchev–Trinajstić information content (AvgIpc) is 2.60. The van der Waals surface area contributed by atoms with Crippen LogP contribution in [0.3, 0.4) is 0 Å². The number of nitro benzene ring substituents is 1. The van der Waals surface area contributed by atoms with Crippen LogP contribution in [0.15, 0.2) is 60.2 Å². The van der Waals surface area contributed by atoms with Crippen molar-refractivity contribution in [3.05, 3.63) is 81.4 Å². The number of ether oxygens (including phenoxy) is 1. The molecule has 6 nitrogen and oxygen atoms in total. The highest BCUT2D eigenvalue weighted by Crippen LogP contribution is 2.25. The van der Waals surface area contributed by atoms with Crippen molar-refractivity contribution >= 4 is 17.7 Å². The number of non-ortho nitro benzene ring substituents is 1. The fourth-order valence-corrected chi connectivity index (χ4v) is 2.15.